The summed E-state index contributed by atoms with van der Waals surface area (Å²) in [5.74, 6) is 1.01. The van der Waals surface area contributed by atoms with Crippen LogP contribution in [-0.2, 0) is 13.1 Å². The van der Waals surface area contributed by atoms with Crippen LogP contribution in [0.5, 0.6) is 0 Å². The lowest BCUT2D eigenvalue weighted by atomic mass is 10.1. The van der Waals surface area contributed by atoms with Gasteiger partial charge in [0.05, 0.1) is 6.54 Å². The van der Waals surface area contributed by atoms with Gasteiger partial charge in [-0.15, -0.1) is 0 Å². The molecule has 3 heteroatoms. The Morgan fingerprint density at radius 2 is 2.06 bits per heavy atom. The molecule has 0 amide bonds. The van der Waals surface area contributed by atoms with Crippen molar-refractivity contribution < 1.29 is 4.42 Å². The standard InChI is InChI=1S/C15H22N2O/c1-3-4-9-17(2)11-15-13(10-16)12-7-5-6-8-14(12)18-15/h5-8H,3-4,9-11,16H2,1-2H3. The summed E-state index contributed by atoms with van der Waals surface area (Å²) in [5, 5.41) is 1.15. The van der Waals surface area contributed by atoms with Crippen LogP contribution in [-0.4, -0.2) is 18.5 Å². The zero-order valence-electron chi connectivity index (χ0n) is 11.3. The molecule has 0 fully saturated rings. The fraction of sp³-hybridized carbons (Fsp3) is 0.467. The first-order valence-electron chi connectivity index (χ1n) is 6.64. The van der Waals surface area contributed by atoms with Gasteiger partial charge in [0.15, 0.2) is 0 Å². The number of furan rings is 1. The third kappa shape index (κ3) is 2.74. The molecule has 98 valence electrons. The van der Waals surface area contributed by atoms with Gasteiger partial charge < -0.3 is 10.2 Å². The number of benzene rings is 1. The fourth-order valence-corrected chi connectivity index (χ4v) is 2.25. The van der Waals surface area contributed by atoms with E-state index in [0.717, 1.165) is 35.4 Å². The molecule has 2 aromatic rings. The lowest BCUT2D eigenvalue weighted by molar-refractivity contribution is 0.293. The van der Waals surface area contributed by atoms with Crippen LogP contribution in [0.2, 0.25) is 0 Å². The van der Waals surface area contributed by atoms with E-state index in [0.29, 0.717) is 6.54 Å². The van der Waals surface area contributed by atoms with Gasteiger partial charge in [-0.1, -0.05) is 31.5 Å². The predicted octanol–water partition coefficient (Wildman–Crippen LogP) is 3.12. The van der Waals surface area contributed by atoms with Gasteiger partial charge >= 0.3 is 0 Å². The first kappa shape index (κ1) is 13.1. The number of hydrogen-bond acceptors (Lipinski definition) is 3. The molecule has 0 spiro atoms. The van der Waals surface area contributed by atoms with Gasteiger partial charge in [0, 0.05) is 17.5 Å². The number of nitrogens with two attached hydrogens (primary N) is 1. The summed E-state index contributed by atoms with van der Waals surface area (Å²) in [5.41, 5.74) is 7.95. The van der Waals surface area contributed by atoms with Crippen molar-refractivity contribution in [3.8, 4) is 0 Å². The molecule has 3 nitrogen and oxygen atoms in total. The van der Waals surface area contributed by atoms with Crippen molar-refractivity contribution >= 4 is 11.0 Å². The van der Waals surface area contributed by atoms with Crippen LogP contribution in [0.25, 0.3) is 11.0 Å². The second-order valence-corrected chi connectivity index (χ2v) is 4.80. The normalized spacial score (nSPS) is 11.6. The molecule has 0 saturated heterocycles. The van der Waals surface area contributed by atoms with E-state index in [1.165, 1.54) is 12.8 Å². The van der Waals surface area contributed by atoms with Crippen molar-refractivity contribution in [2.24, 2.45) is 5.73 Å². The molecule has 0 saturated carbocycles. The Labute approximate surface area is 109 Å². The molecule has 2 N–H and O–H groups in total. The molecule has 0 atom stereocenters. The van der Waals surface area contributed by atoms with Crippen LogP contribution in [0.4, 0.5) is 0 Å². The molecule has 0 aliphatic heterocycles. The summed E-state index contributed by atoms with van der Waals surface area (Å²) in [6.45, 7) is 4.67. The summed E-state index contributed by atoms with van der Waals surface area (Å²) < 4.78 is 5.92. The van der Waals surface area contributed by atoms with Crippen LogP contribution in [0.15, 0.2) is 28.7 Å². The van der Waals surface area contributed by atoms with Crippen LogP contribution < -0.4 is 5.73 Å². The molecule has 18 heavy (non-hydrogen) atoms. The summed E-state index contributed by atoms with van der Waals surface area (Å²) in [4.78, 5) is 2.29. The number of hydrogen-bond donors (Lipinski definition) is 1. The average Bonchev–Trinajstić information content (AvgIpc) is 2.73. The fourth-order valence-electron chi connectivity index (χ4n) is 2.25. The largest absolute Gasteiger partial charge is 0.459 e. The van der Waals surface area contributed by atoms with E-state index in [9.17, 15) is 0 Å². The van der Waals surface area contributed by atoms with Gasteiger partial charge in [-0.25, -0.2) is 0 Å². The minimum Gasteiger partial charge on any atom is -0.459 e. The Morgan fingerprint density at radius 3 is 2.78 bits per heavy atom. The van der Waals surface area contributed by atoms with Gasteiger partial charge in [0.2, 0.25) is 0 Å². The molecule has 1 heterocycles. The monoisotopic (exact) mass is 246 g/mol. The summed E-state index contributed by atoms with van der Waals surface area (Å²) in [7, 11) is 2.13. The number of unbranched alkanes of at least 4 members (excludes halogenated alkanes) is 1. The maximum absolute atomic E-state index is 5.92. The summed E-state index contributed by atoms with van der Waals surface area (Å²) in [6.07, 6.45) is 2.43. The predicted molar refractivity (Wildman–Crippen MR) is 75.3 cm³/mol. The van der Waals surface area contributed by atoms with E-state index >= 15 is 0 Å². The Kier molecular flexibility index (Phi) is 4.39. The van der Waals surface area contributed by atoms with E-state index in [1.807, 2.05) is 18.2 Å². The highest BCUT2D eigenvalue weighted by molar-refractivity contribution is 5.82. The van der Waals surface area contributed by atoms with Crippen molar-refractivity contribution in [3.05, 3.63) is 35.6 Å². The molecule has 1 aromatic carbocycles. The molecule has 1 aromatic heterocycles. The maximum atomic E-state index is 5.92. The molecule has 2 rings (SSSR count). The summed E-state index contributed by atoms with van der Waals surface area (Å²) in [6, 6.07) is 8.11. The van der Waals surface area contributed by atoms with Crippen molar-refractivity contribution in [1.82, 2.24) is 4.90 Å². The van der Waals surface area contributed by atoms with E-state index in [1.54, 1.807) is 0 Å². The van der Waals surface area contributed by atoms with Gasteiger partial charge in [0.1, 0.15) is 11.3 Å². The quantitative estimate of drug-likeness (QED) is 0.851. The topological polar surface area (TPSA) is 42.4 Å². The van der Waals surface area contributed by atoms with Gasteiger partial charge in [-0.3, -0.25) is 4.90 Å². The Balaban J connectivity index is 2.21. The molecule has 0 unspecified atom stereocenters. The van der Waals surface area contributed by atoms with E-state index in [2.05, 4.69) is 24.9 Å². The zero-order chi connectivity index (χ0) is 13.0. The average molecular weight is 246 g/mol. The van der Waals surface area contributed by atoms with Crippen LogP contribution in [0.1, 0.15) is 31.1 Å². The molecule has 0 aliphatic rings. The Morgan fingerprint density at radius 1 is 1.28 bits per heavy atom. The highest BCUT2D eigenvalue weighted by atomic mass is 16.3. The van der Waals surface area contributed by atoms with E-state index in [-0.39, 0.29) is 0 Å². The highest BCUT2D eigenvalue weighted by Gasteiger charge is 2.13. The minimum absolute atomic E-state index is 0.536. The number of rotatable bonds is 6. The summed E-state index contributed by atoms with van der Waals surface area (Å²) >= 11 is 0. The SMILES string of the molecule is CCCCN(C)Cc1oc2ccccc2c1CN. The number of fused-ring (bicyclic) bond motifs is 1. The first-order chi connectivity index (χ1) is 8.76. The maximum Gasteiger partial charge on any atom is 0.134 e. The number of nitrogens with zero attached hydrogens (tertiary/aromatic N) is 1. The van der Waals surface area contributed by atoms with Crippen LogP contribution in [0.3, 0.4) is 0 Å². The molecule has 0 radical (unpaired) electrons. The van der Waals surface area contributed by atoms with E-state index in [4.69, 9.17) is 10.2 Å². The van der Waals surface area contributed by atoms with E-state index < -0.39 is 0 Å². The van der Waals surface area contributed by atoms with Gasteiger partial charge in [0.25, 0.3) is 0 Å². The Hall–Kier alpha value is -1.32. The van der Waals surface area contributed by atoms with Crippen molar-refractivity contribution in [2.75, 3.05) is 13.6 Å². The molecule has 0 aliphatic carbocycles. The van der Waals surface area contributed by atoms with Gasteiger partial charge in [-0.05, 0) is 26.1 Å². The minimum atomic E-state index is 0.536. The second kappa shape index (κ2) is 6.03. The molecular weight excluding hydrogens is 224 g/mol. The third-order valence-corrected chi connectivity index (χ3v) is 3.29. The second-order valence-electron chi connectivity index (χ2n) is 4.80. The Bertz CT molecular complexity index is 504. The lowest BCUT2D eigenvalue weighted by Crippen LogP contribution is -2.19. The smallest absolute Gasteiger partial charge is 0.134 e. The number of para-hydroxylation sites is 1. The van der Waals surface area contributed by atoms with Crippen molar-refractivity contribution in [2.45, 2.75) is 32.9 Å². The molecule has 0 bridgehead atoms. The van der Waals surface area contributed by atoms with Gasteiger partial charge in [-0.2, -0.15) is 0 Å². The third-order valence-electron chi connectivity index (χ3n) is 3.29. The highest BCUT2D eigenvalue weighted by Crippen LogP contribution is 2.26. The molecular formula is C15H22N2O. The van der Waals surface area contributed by atoms with Crippen LogP contribution in [0, 0.1) is 0 Å². The lowest BCUT2D eigenvalue weighted by Gasteiger charge is -2.15. The van der Waals surface area contributed by atoms with Crippen molar-refractivity contribution in [3.63, 3.8) is 0 Å². The van der Waals surface area contributed by atoms with Crippen LogP contribution >= 0.6 is 0 Å². The first-order valence-corrected chi connectivity index (χ1v) is 6.64. The van der Waals surface area contributed by atoms with Crippen molar-refractivity contribution in [1.29, 1.82) is 0 Å². The zero-order valence-corrected chi connectivity index (χ0v) is 11.3.